The molecule has 0 unspecified atom stereocenters. The molecule has 0 radical (unpaired) electrons. The molecule has 1 amide bonds. The zero-order valence-electron chi connectivity index (χ0n) is 14.6. The van der Waals surface area contributed by atoms with Crippen LogP contribution in [0, 0.1) is 5.82 Å². The van der Waals surface area contributed by atoms with Crippen LogP contribution >= 0.6 is 22.9 Å². The lowest BCUT2D eigenvalue weighted by molar-refractivity contribution is -0.117. The Morgan fingerprint density at radius 2 is 2.19 bits per heavy atom. The van der Waals surface area contributed by atoms with Crippen molar-refractivity contribution >= 4 is 44.7 Å². The van der Waals surface area contributed by atoms with E-state index in [9.17, 15) is 9.18 Å². The van der Waals surface area contributed by atoms with Gasteiger partial charge in [-0.25, -0.2) is 9.37 Å². The highest BCUT2D eigenvalue weighted by molar-refractivity contribution is 7.18. The normalized spacial score (nSPS) is 17.9. The summed E-state index contributed by atoms with van der Waals surface area (Å²) in [5.41, 5.74) is 1.19. The van der Waals surface area contributed by atoms with Gasteiger partial charge in [-0.3, -0.25) is 9.69 Å². The summed E-state index contributed by atoms with van der Waals surface area (Å²) in [5, 5.41) is 4.07. The molecule has 7 heteroatoms. The molecule has 4 rings (SSSR count). The summed E-state index contributed by atoms with van der Waals surface area (Å²) in [7, 11) is 0. The monoisotopic (exact) mass is 403 g/mol. The Kier molecular flexibility index (Phi) is 5.38. The van der Waals surface area contributed by atoms with Gasteiger partial charge in [0.2, 0.25) is 5.91 Å². The van der Waals surface area contributed by atoms with Crippen LogP contribution in [-0.2, 0) is 4.79 Å². The summed E-state index contributed by atoms with van der Waals surface area (Å²) in [6.45, 7) is 1.89. The van der Waals surface area contributed by atoms with E-state index in [1.165, 1.54) is 16.8 Å². The molecule has 1 fully saturated rings. The minimum absolute atomic E-state index is 0.157. The third-order valence-electron chi connectivity index (χ3n) is 4.74. The fourth-order valence-corrected chi connectivity index (χ4v) is 4.70. The molecule has 1 aliphatic rings. The molecule has 4 nitrogen and oxygen atoms in total. The lowest BCUT2D eigenvalue weighted by atomic mass is 9.99. The van der Waals surface area contributed by atoms with E-state index in [0.29, 0.717) is 10.9 Å². The first kappa shape index (κ1) is 18.3. The van der Waals surface area contributed by atoms with Gasteiger partial charge in [0.1, 0.15) is 5.82 Å². The second kappa shape index (κ2) is 7.92. The Morgan fingerprint density at radius 3 is 3.00 bits per heavy atom. The molecule has 1 saturated heterocycles. The number of aromatic nitrogens is 1. The quantitative estimate of drug-likeness (QED) is 0.673. The summed E-state index contributed by atoms with van der Waals surface area (Å²) in [4.78, 5) is 19.2. The molecule has 1 aromatic heterocycles. The van der Waals surface area contributed by atoms with Gasteiger partial charge in [0.15, 0.2) is 0 Å². The number of nitrogens with one attached hydrogen (secondary N) is 1. The standard InChI is InChI=1S/C20H19ClFN3OS/c21-14-7-8-16(15(22)10-14)23-19(26)12-25-9-3-4-13(11-25)20-24-17-5-1-2-6-18(17)27-20/h1-2,5-8,10,13H,3-4,9,11-12H2,(H,23,26)/t13-/m0/s1. The van der Waals surface area contributed by atoms with E-state index in [0.717, 1.165) is 36.5 Å². The maximum Gasteiger partial charge on any atom is 0.238 e. The van der Waals surface area contributed by atoms with Crippen LogP contribution in [0.4, 0.5) is 10.1 Å². The van der Waals surface area contributed by atoms with Gasteiger partial charge in [-0.1, -0.05) is 23.7 Å². The number of fused-ring (bicyclic) bond motifs is 1. The molecule has 1 atom stereocenters. The summed E-state index contributed by atoms with van der Waals surface area (Å²) in [6.07, 6.45) is 2.09. The third kappa shape index (κ3) is 4.29. The topological polar surface area (TPSA) is 45.2 Å². The number of para-hydroxylation sites is 1. The molecule has 1 aliphatic heterocycles. The Labute approximate surface area is 166 Å². The number of likely N-dealkylation sites (tertiary alicyclic amines) is 1. The maximum atomic E-state index is 13.9. The van der Waals surface area contributed by atoms with Crippen molar-refractivity contribution in [2.45, 2.75) is 18.8 Å². The smallest absolute Gasteiger partial charge is 0.238 e. The van der Waals surface area contributed by atoms with E-state index in [-0.39, 0.29) is 18.1 Å². The summed E-state index contributed by atoms with van der Waals surface area (Å²) < 4.78 is 15.0. The number of nitrogens with zero attached hydrogens (tertiary/aromatic N) is 2. The van der Waals surface area contributed by atoms with Gasteiger partial charge in [0.25, 0.3) is 0 Å². The number of piperidine rings is 1. The van der Waals surface area contributed by atoms with Crippen molar-refractivity contribution in [1.82, 2.24) is 9.88 Å². The number of hydrogen-bond acceptors (Lipinski definition) is 4. The fraction of sp³-hybridized carbons (Fsp3) is 0.300. The average molecular weight is 404 g/mol. The van der Waals surface area contributed by atoms with Crippen molar-refractivity contribution in [2.75, 3.05) is 25.0 Å². The van der Waals surface area contributed by atoms with Gasteiger partial charge in [-0.2, -0.15) is 0 Å². The predicted molar refractivity (Wildman–Crippen MR) is 108 cm³/mol. The second-order valence-corrected chi connectivity index (χ2v) is 8.27. The van der Waals surface area contributed by atoms with E-state index in [1.54, 1.807) is 17.4 Å². The first-order chi connectivity index (χ1) is 13.1. The third-order valence-corrected chi connectivity index (χ3v) is 6.17. The van der Waals surface area contributed by atoms with Crippen LogP contribution in [0.2, 0.25) is 5.02 Å². The molecule has 3 aromatic rings. The van der Waals surface area contributed by atoms with Crippen molar-refractivity contribution in [3.63, 3.8) is 0 Å². The first-order valence-electron chi connectivity index (χ1n) is 8.91. The molecular weight excluding hydrogens is 385 g/mol. The molecule has 27 heavy (non-hydrogen) atoms. The molecule has 0 aliphatic carbocycles. The van der Waals surface area contributed by atoms with Crippen molar-refractivity contribution in [3.05, 3.63) is 58.3 Å². The lowest BCUT2D eigenvalue weighted by Gasteiger charge is -2.31. The van der Waals surface area contributed by atoms with Gasteiger partial charge in [0, 0.05) is 17.5 Å². The molecule has 140 valence electrons. The van der Waals surface area contributed by atoms with Gasteiger partial charge in [0.05, 0.1) is 27.5 Å². The van der Waals surface area contributed by atoms with E-state index < -0.39 is 5.82 Å². The minimum atomic E-state index is -0.526. The number of thiazole rings is 1. The molecule has 2 aromatic carbocycles. The minimum Gasteiger partial charge on any atom is -0.322 e. The average Bonchev–Trinajstić information content (AvgIpc) is 3.08. The van der Waals surface area contributed by atoms with Crippen molar-refractivity contribution in [2.24, 2.45) is 0 Å². The SMILES string of the molecule is O=C(CN1CCC[C@H](c2nc3ccccc3s2)C1)Nc1ccc(Cl)cc1F. The Morgan fingerprint density at radius 1 is 1.33 bits per heavy atom. The second-order valence-electron chi connectivity index (χ2n) is 6.77. The van der Waals surface area contributed by atoms with E-state index >= 15 is 0 Å². The van der Waals surface area contributed by atoms with E-state index in [2.05, 4.69) is 16.3 Å². The molecule has 0 spiro atoms. The molecule has 0 bridgehead atoms. The number of carbonyl (C=O) groups excluding carboxylic acids is 1. The van der Waals surface area contributed by atoms with Gasteiger partial charge >= 0.3 is 0 Å². The summed E-state index contributed by atoms with van der Waals surface area (Å²) >= 11 is 7.48. The number of benzene rings is 2. The van der Waals surface area contributed by atoms with Crippen LogP contribution in [0.25, 0.3) is 10.2 Å². The van der Waals surface area contributed by atoms with E-state index in [4.69, 9.17) is 16.6 Å². The van der Waals surface area contributed by atoms with Crippen molar-refractivity contribution in [1.29, 1.82) is 0 Å². The number of hydrogen-bond donors (Lipinski definition) is 1. The Hall–Kier alpha value is -2.02. The number of carbonyl (C=O) groups is 1. The number of rotatable bonds is 4. The number of anilines is 1. The van der Waals surface area contributed by atoms with E-state index in [1.807, 2.05) is 18.2 Å². The van der Waals surface area contributed by atoms with Crippen LogP contribution in [0.15, 0.2) is 42.5 Å². The highest BCUT2D eigenvalue weighted by Crippen LogP contribution is 2.32. The van der Waals surface area contributed by atoms with Gasteiger partial charge in [-0.05, 0) is 49.7 Å². The van der Waals surface area contributed by atoms with Crippen LogP contribution in [0.5, 0.6) is 0 Å². The Bertz CT molecular complexity index is 944. The highest BCUT2D eigenvalue weighted by Gasteiger charge is 2.25. The lowest BCUT2D eigenvalue weighted by Crippen LogP contribution is -2.39. The maximum absolute atomic E-state index is 13.9. The van der Waals surface area contributed by atoms with Gasteiger partial charge in [-0.15, -0.1) is 11.3 Å². The fourth-order valence-electron chi connectivity index (χ4n) is 3.45. The van der Waals surface area contributed by atoms with Crippen LogP contribution in [0.1, 0.15) is 23.8 Å². The zero-order valence-corrected chi connectivity index (χ0v) is 16.2. The number of halogens is 2. The summed E-state index contributed by atoms with van der Waals surface area (Å²) in [6, 6.07) is 12.4. The molecule has 2 heterocycles. The molecular formula is C20H19ClFN3OS. The summed E-state index contributed by atoms with van der Waals surface area (Å²) in [5.74, 6) is -0.417. The van der Waals surface area contributed by atoms with Crippen molar-refractivity contribution < 1.29 is 9.18 Å². The van der Waals surface area contributed by atoms with Crippen LogP contribution in [-0.4, -0.2) is 35.4 Å². The largest absolute Gasteiger partial charge is 0.322 e. The highest BCUT2D eigenvalue weighted by atomic mass is 35.5. The predicted octanol–water partition coefficient (Wildman–Crippen LogP) is 4.91. The van der Waals surface area contributed by atoms with Crippen LogP contribution in [0.3, 0.4) is 0 Å². The number of amides is 1. The van der Waals surface area contributed by atoms with Crippen LogP contribution < -0.4 is 5.32 Å². The zero-order chi connectivity index (χ0) is 18.8. The first-order valence-corrected chi connectivity index (χ1v) is 10.1. The van der Waals surface area contributed by atoms with Crippen molar-refractivity contribution in [3.8, 4) is 0 Å². The molecule has 1 N–H and O–H groups in total. The van der Waals surface area contributed by atoms with Gasteiger partial charge < -0.3 is 5.32 Å². The molecule has 0 saturated carbocycles. The Balaban J connectivity index is 1.40.